The van der Waals surface area contributed by atoms with Crippen molar-refractivity contribution in [2.45, 2.75) is 0 Å². The van der Waals surface area contributed by atoms with Gasteiger partial charge in [-0.1, -0.05) is 41.9 Å². The maximum absolute atomic E-state index is 6.37. The lowest BCUT2D eigenvalue weighted by molar-refractivity contribution is 1.18. The molecular weight excluding hydrogens is 390 g/mol. The molecule has 7 heteroatoms. The summed E-state index contributed by atoms with van der Waals surface area (Å²) in [6.07, 6.45) is 1.61. The molecule has 0 aliphatic heterocycles. The van der Waals surface area contributed by atoms with Crippen LogP contribution in [-0.4, -0.2) is 19.9 Å². The second-order valence-electron chi connectivity index (χ2n) is 5.22. The first-order valence-electron chi connectivity index (χ1n) is 7.15. The van der Waals surface area contributed by atoms with Crippen LogP contribution in [0.5, 0.6) is 0 Å². The van der Waals surface area contributed by atoms with Crippen LogP contribution in [0.15, 0.2) is 53.4 Å². The number of imidazole rings is 1. The van der Waals surface area contributed by atoms with Crippen LogP contribution in [0, 0.1) is 0 Å². The molecule has 5 nitrogen and oxygen atoms in total. The minimum absolute atomic E-state index is 0.338. The van der Waals surface area contributed by atoms with Gasteiger partial charge in [0.25, 0.3) is 0 Å². The van der Waals surface area contributed by atoms with Gasteiger partial charge in [-0.05, 0) is 28.1 Å². The van der Waals surface area contributed by atoms with Crippen molar-refractivity contribution in [2.75, 3.05) is 5.73 Å². The topological polar surface area (TPSA) is 80.5 Å². The highest BCUT2D eigenvalue weighted by molar-refractivity contribution is 9.10. The van der Waals surface area contributed by atoms with Crippen molar-refractivity contribution < 1.29 is 0 Å². The summed E-state index contributed by atoms with van der Waals surface area (Å²) in [5.74, 6) is 0.338. The number of benzene rings is 2. The van der Waals surface area contributed by atoms with E-state index in [-0.39, 0.29) is 0 Å². The predicted octanol–water partition coefficient (Wildman–Crippen LogP) is 4.69. The number of H-pyrrole nitrogens is 1. The van der Waals surface area contributed by atoms with Crippen LogP contribution < -0.4 is 5.73 Å². The molecule has 0 unspecified atom stereocenters. The van der Waals surface area contributed by atoms with Crippen molar-refractivity contribution in [1.82, 2.24) is 19.9 Å². The Bertz CT molecular complexity index is 1050. The molecule has 0 radical (unpaired) electrons. The number of nitrogens with two attached hydrogens (primary N) is 1. The number of aromatic nitrogens is 4. The molecule has 2 heterocycles. The van der Waals surface area contributed by atoms with Crippen molar-refractivity contribution in [1.29, 1.82) is 0 Å². The van der Waals surface area contributed by atoms with Gasteiger partial charge in [0.05, 0.1) is 33.8 Å². The molecule has 0 saturated heterocycles. The summed E-state index contributed by atoms with van der Waals surface area (Å²) >= 11 is 9.72. The summed E-state index contributed by atoms with van der Waals surface area (Å²) < 4.78 is 0.496. The Morgan fingerprint density at radius 2 is 1.75 bits per heavy atom. The van der Waals surface area contributed by atoms with Crippen LogP contribution in [0.2, 0.25) is 5.02 Å². The van der Waals surface area contributed by atoms with Gasteiger partial charge in [0.2, 0.25) is 0 Å². The van der Waals surface area contributed by atoms with Gasteiger partial charge in [-0.3, -0.25) is 0 Å². The van der Waals surface area contributed by atoms with E-state index in [0.29, 0.717) is 26.8 Å². The molecule has 3 N–H and O–H groups in total. The second kappa shape index (κ2) is 5.89. The zero-order valence-corrected chi connectivity index (χ0v) is 14.6. The van der Waals surface area contributed by atoms with Crippen molar-refractivity contribution in [3.8, 4) is 22.5 Å². The van der Waals surface area contributed by atoms with Crippen LogP contribution in [0.3, 0.4) is 0 Å². The summed E-state index contributed by atoms with van der Waals surface area (Å²) in [7, 11) is 0. The van der Waals surface area contributed by atoms with Crippen LogP contribution in [0.4, 0.5) is 5.82 Å². The van der Waals surface area contributed by atoms with Crippen LogP contribution in [0.25, 0.3) is 33.5 Å². The summed E-state index contributed by atoms with van der Waals surface area (Å²) in [4.78, 5) is 16.4. The molecule has 118 valence electrons. The fraction of sp³-hybridized carbons (Fsp3) is 0. The van der Waals surface area contributed by atoms with Gasteiger partial charge < -0.3 is 10.7 Å². The molecule has 0 aliphatic carbocycles. The van der Waals surface area contributed by atoms with Crippen molar-refractivity contribution >= 4 is 44.4 Å². The van der Waals surface area contributed by atoms with E-state index in [0.717, 1.165) is 22.2 Å². The first-order valence-corrected chi connectivity index (χ1v) is 8.32. The molecule has 4 aromatic rings. The zero-order chi connectivity index (χ0) is 16.7. The van der Waals surface area contributed by atoms with Gasteiger partial charge in [-0.15, -0.1) is 0 Å². The SMILES string of the molecule is Nc1nc(-c2ccccc2)c(-c2cc(Cl)c3[nH]cnc3c2)nc1Br. The van der Waals surface area contributed by atoms with E-state index >= 15 is 0 Å². The summed E-state index contributed by atoms with van der Waals surface area (Å²) in [6.45, 7) is 0. The van der Waals surface area contributed by atoms with E-state index in [4.69, 9.17) is 17.3 Å². The molecule has 0 atom stereocenters. The lowest BCUT2D eigenvalue weighted by atomic mass is 10.0. The molecule has 0 saturated carbocycles. The smallest absolute Gasteiger partial charge is 0.157 e. The van der Waals surface area contributed by atoms with E-state index < -0.39 is 0 Å². The third kappa shape index (κ3) is 2.53. The Morgan fingerprint density at radius 1 is 1.00 bits per heavy atom. The van der Waals surface area contributed by atoms with Crippen LogP contribution in [-0.2, 0) is 0 Å². The predicted molar refractivity (Wildman–Crippen MR) is 99.7 cm³/mol. The standard InChI is InChI=1S/C17H11BrClN5/c18-16-17(20)24-13(9-4-2-1-3-5-9)14(23-16)10-6-11(19)15-12(7-10)21-8-22-15/h1-8H,(H2,20,24)(H,21,22). The molecule has 4 rings (SSSR count). The Morgan fingerprint density at radius 3 is 2.54 bits per heavy atom. The zero-order valence-electron chi connectivity index (χ0n) is 12.3. The molecule has 24 heavy (non-hydrogen) atoms. The fourth-order valence-electron chi connectivity index (χ4n) is 2.57. The highest BCUT2D eigenvalue weighted by Gasteiger charge is 2.16. The molecule has 2 aromatic carbocycles. The number of fused-ring (bicyclic) bond motifs is 1. The number of hydrogen-bond acceptors (Lipinski definition) is 4. The first kappa shape index (κ1) is 15.1. The van der Waals surface area contributed by atoms with Gasteiger partial charge in [-0.25, -0.2) is 15.0 Å². The average Bonchev–Trinajstić information content (AvgIpc) is 3.07. The van der Waals surface area contributed by atoms with Crippen LogP contribution in [0.1, 0.15) is 0 Å². The van der Waals surface area contributed by atoms with Crippen molar-refractivity contribution in [2.24, 2.45) is 0 Å². The van der Waals surface area contributed by atoms with Gasteiger partial charge in [0.1, 0.15) is 4.60 Å². The van der Waals surface area contributed by atoms with Crippen LogP contribution >= 0.6 is 27.5 Å². The quantitative estimate of drug-likeness (QED) is 0.512. The highest BCUT2D eigenvalue weighted by atomic mass is 79.9. The average molecular weight is 401 g/mol. The number of aromatic amines is 1. The molecule has 0 aliphatic rings. The highest BCUT2D eigenvalue weighted by Crippen LogP contribution is 2.35. The van der Waals surface area contributed by atoms with Gasteiger partial charge in [0, 0.05) is 11.1 Å². The number of rotatable bonds is 2. The molecule has 0 bridgehead atoms. The molecule has 0 spiro atoms. The minimum Gasteiger partial charge on any atom is -0.381 e. The van der Waals surface area contributed by atoms with Crippen molar-refractivity contribution in [3.63, 3.8) is 0 Å². The maximum atomic E-state index is 6.37. The summed E-state index contributed by atoms with van der Waals surface area (Å²) in [5.41, 5.74) is 10.6. The Hall–Kier alpha value is -2.44. The van der Waals surface area contributed by atoms with Gasteiger partial charge >= 0.3 is 0 Å². The number of anilines is 1. The summed E-state index contributed by atoms with van der Waals surface area (Å²) in [6, 6.07) is 13.6. The first-order chi connectivity index (χ1) is 11.6. The number of hydrogen-bond donors (Lipinski definition) is 2. The number of nitrogens with one attached hydrogen (secondary N) is 1. The van der Waals surface area contributed by atoms with E-state index in [1.807, 2.05) is 42.5 Å². The van der Waals surface area contributed by atoms with Gasteiger partial charge in [-0.2, -0.15) is 0 Å². The van der Waals surface area contributed by atoms with E-state index in [9.17, 15) is 0 Å². The third-order valence-corrected chi connectivity index (χ3v) is 4.56. The third-order valence-electron chi connectivity index (χ3n) is 3.68. The fourth-order valence-corrected chi connectivity index (χ4v) is 3.10. The Balaban J connectivity index is 2.01. The number of nitrogens with zero attached hydrogens (tertiary/aromatic N) is 3. The lowest BCUT2D eigenvalue weighted by Crippen LogP contribution is -2.00. The molecular formula is C17H11BrClN5. The van der Waals surface area contributed by atoms with E-state index in [1.165, 1.54) is 0 Å². The summed E-state index contributed by atoms with van der Waals surface area (Å²) in [5, 5.41) is 0.578. The molecule has 0 fully saturated rings. The van der Waals surface area contributed by atoms with Crippen molar-refractivity contribution in [3.05, 3.63) is 58.4 Å². The molecule has 0 amide bonds. The lowest BCUT2D eigenvalue weighted by Gasteiger charge is -2.11. The monoisotopic (exact) mass is 399 g/mol. The van der Waals surface area contributed by atoms with E-state index in [1.54, 1.807) is 6.33 Å². The second-order valence-corrected chi connectivity index (χ2v) is 6.38. The van der Waals surface area contributed by atoms with E-state index in [2.05, 4.69) is 35.9 Å². The Kier molecular flexibility index (Phi) is 3.70. The largest absolute Gasteiger partial charge is 0.381 e. The normalized spacial score (nSPS) is 11.1. The maximum Gasteiger partial charge on any atom is 0.157 e. The molecule has 2 aromatic heterocycles. The Labute approximate surface area is 151 Å². The van der Waals surface area contributed by atoms with Gasteiger partial charge in [0.15, 0.2) is 5.82 Å². The number of nitrogen functional groups attached to an aromatic ring is 1. The number of halogens is 2. The minimum atomic E-state index is 0.338.